The number of thioether (sulfide) groups is 1. The van der Waals surface area contributed by atoms with Gasteiger partial charge in [0.05, 0.1) is 29.8 Å². The Hall–Kier alpha value is -2.71. The summed E-state index contributed by atoms with van der Waals surface area (Å²) in [5.41, 5.74) is 0.776. The smallest absolute Gasteiger partial charge is 0.283 e. The van der Waals surface area contributed by atoms with Crippen LogP contribution in [0.2, 0.25) is 5.02 Å². The molecule has 9 heteroatoms. The highest BCUT2D eigenvalue weighted by Crippen LogP contribution is 2.35. The van der Waals surface area contributed by atoms with E-state index in [0.717, 1.165) is 19.3 Å². The molecule has 0 saturated carbocycles. The molecule has 1 saturated heterocycles. The second-order valence-electron chi connectivity index (χ2n) is 8.12. The number of hydrogen-bond donors (Lipinski definition) is 0. The van der Waals surface area contributed by atoms with Crippen LogP contribution in [-0.4, -0.2) is 46.8 Å². The number of nitrogens with zero attached hydrogens (tertiary/aromatic N) is 3. The lowest BCUT2D eigenvalue weighted by molar-refractivity contribution is -0.134. The normalized spacial score (nSPS) is 22.1. The summed E-state index contributed by atoms with van der Waals surface area (Å²) in [5.74, 6) is 0.948. The Morgan fingerprint density at radius 1 is 1.30 bits per heavy atom. The fourth-order valence-corrected chi connectivity index (χ4v) is 5.37. The number of halogens is 1. The van der Waals surface area contributed by atoms with Crippen molar-refractivity contribution in [3.63, 3.8) is 0 Å². The summed E-state index contributed by atoms with van der Waals surface area (Å²) < 4.78 is 10.6. The van der Waals surface area contributed by atoms with Crippen LogP contribution >= 0.6 is 23.4 Å². The predicted octanol–water partition coefficient (Wildman–Crippen LogP) is 5.21. The van der Waals surface area contributed by atoms with E-state index in [9.17, 15) is 9.59 Å². The number of amidine groups is 1. The minimum absolute atomic E-state index is 0.0472. The first kappa shape index (κ1) is 23.4. The maximum Gasteiger partial charge on any atom is 0.283 e. The highest BCUT2D eigenvalue weighted by atomic mass is 35.5. The van der Waals surface area contributed by atoms with Gasteiger partial charge in [0.15, 0.2) is 5.17 Å². The summed E-state index contributed by atoms with van der Waals surface area (Å²) in [7, 11) is 1.53. The molecule has 3 heterocycles. The highest BCUT2D eigenvalue weighted by Gasteiger charge is 2.34. The number of ether oxygens (including phenoxy) is 1. The summed E-state index contributed by atoms with van der Waals surface area (Å²) in [6.07, 6.45) is 6.27. The van der Waals surface area contributed by atoms with Gasteiger partial charge in [-0.2, -0.15) is 0 Å². The van der Waals surface area contributed by atoms with Gasteiger partial charge in [-0.15, -0.1) is 0 Å². The molecule has 0 bridgehead atoms. The Morgan fingerprint density at radius 3 is 2.70 bits per heavy atom. The summed E-state index contributed by atoms with van der Waals surface area (Å²) >= 11 is 7.56. The molecule has 0 radical (unpaired) electrons. The van der Waals surface area contributed by atoms with Gasteiger partial charge in [0.2, 0.25) is 5.91 Å². The first-order valence-electron chi connectivity index (χ1n) is 10.8. The molecule has 2 aromatic rings. The number of hydrogen-bond acceptors (Lipinski definition) is 6. The van der Waals surface area contributed by atoms with Crippen LogP contribution in [0, 0.1) is 0 Å². The largest absolute Gasteiger partial charge is 0.495 e. The number of carbonyl (C=O) groups is 2. The van der Waals surface area contributed by atoms with Crippen LogP contribution in [0.3, 0.4) is 0 Å². The molecule has 0 N–H and O–H groups in total. The predicted molar refractivity (Wildman–Crippen MR) is 132 cm³/mol. The van der Waals surface area contributed by atoms with Crippen molar-refractivity contribution in [2.45, 2.75) is 45.2 Å². The molecule has 33 heavy (non-hydrogen) atoms. The number of amides is 2. The summed E-state index contributed by atoms with van der Waals surface area (Å²) in [5, 5.41) is 0.798. The molecule has 2 atom stereocenters. The van der Waals surface area contributed by atoms with Gasteiger partial charge in [-0.1, -0.05) is 23.4 Å². The number of anilines is 1. The minimum Gasteiger partial charge on any atom is -0.495 e. The van der Waals surface area contributed by atoms with Crippen molar-refractivity contribution in [1.82, 2.24) is 4.90 Å². The van der Waals surface area contributed by atoms with E-state index < -0.39 is 0 Å². The zero-order valence-electron chi connectivity index (χ0n) is 18.8. The van der Waals surface area contributed by atoms with Gasteiger partial charge >= 0.3 is 0 Å². The zero-order valence-corrected chi connectivity index (χ0v) is 20.4. The van der Waals surface area contributed by atoms with Crippen LogP contribution in [0.5, 0.6) is 5.75 Å². The van der Waals surface area contributed by atoms with Gasteiger partial charge in [-0.25, -0.2) is 4.99 Å². The van der Waals surface area contributed by atoms with Crippen LogP contribution in [0.4, 0.5) is 5.69 Å². The Kier molecular flexibility index (Phi) is 7.14. The number of aliphatic imine (C=N–C) groups is 1. The van der Waals surface area contributed by atoms with Crippen LogP contribution < -0.4 is 9.64 Å². The lowest BCUT2D eigenvalue weighted by atomic mass is 9.98. The molecule has 1 aromatic heterocycles. The van der Waals surface area contributed by atoms with E-state index in [0.29, 0.717) is 27.4 Å². The Labute approximate surface area is 202 Å². The number of piperidine rings is 1. The average molecular weight is 488 g/mol. The van der Waals surface area contributed by atoms with Gasteiger partial charge in [0.25, 0.3) is 5.91 Å². The van der Waals surface area contributed by atoms with E-state index >= 15 is 0 Å². The van der Waals surface area contributed by atoms with E-state index in [2.05, 4.69) is 18.8 Å². The van der Waals surface area contributed by atoms with Crippen molar-refractivity contribution in [2.24, 2.45) is 4.99 Å². The molecule has 2 amide bonds. The van der Waals surface area contributed by atoms with Gasteiger partial charge in [-0.05, 0) is 63.4 Å². The molecule has 2 aliphatic heterocycles. The van der Waals surface area contributed by atoms with Gasteiger partial charge in [0, 0.05) is 18.2 Å². The molecular formula is C24H26ClN3O4S. The number of carbonyl (C=O) groups excluding carboxylic acids is 2. The van der Waals surface area contributed by atoms with Crippen molar-refractivity contribution in [2.75, 3.05) is 17.8 Å². The zero-order chi connectivity index (χ0) is 23.5. The van der Waals surface area contributed by atoms with Gasteiger partial charge < -0.3 is 14.1 Å². The third-order valence-electron chi connectivity index (χ3n) is 5.85. The molecule has 1 aromatic carbocycles. The number of benzene rings is 1. The standard InChI is InChI=1S/C24H26ClN3O4S/c1-15-6-4-7-16(2)27(15)22(29)14-33-24-26-20(13-18-8-5-11-32-18)23(30)28(24)17-9-10-21(31-3)19(25)12-17/h5,8-13,15-16H,4,6-7,14H2,1-3H3/b20-13-. The second-order valence-corrected chi connectivity index (χ2v) is 9.47. The van der Waals surface area contributed by atoms with Crippen LogP contribution in [0.25, 0.3) is 6.08 Å². The first-order valence-corrected chi connectivity index (χ1v) is 12.2. The fraction of sp³-hybridized carbons (Fsp3) is 0.375. The molecule has 2 unspecified atom stereocenters. The molecule has 4 rings (SSSR count). The third-order valence-corrected chi connectivity index (χ3v) is 7.07. The van der Waals surface area contributed by atoms with Crippen LogP contribution in [-0.2, 0) is 9.59 Å². The van der Waals surface area contributed by atoms with E-state index in [1.165, 1.54) is 30.0 Å². The number of methoxy groups -OCH3 is 1. The van der Waals surface area contributed by atoms with Crippen molar-refractivity contribution in [1.29, 1.82) is 0 Å². The quantitative estimate of drug-likeness (QED) is 0.541. The molecule has 174 valence electrons. The van der Waals surface area contributed by atoms with Crippen LogP contribution in [0.1, 0.15) is 38.9 Å². The van der Waals surface area contributed by atoms with Crippen LogP contribution in [0.15, 0.2) is 51.7 Å². The number of likely N-dealkylation sites (tertiary alicyclic amines) is 1. The fourth-order valence-electron chi connectivity index (χ4n) is 4.24. The summed E-state index contributed by atoms with van der Waals surface area (Å²) in [6.45, 7) is 4.18. The first-order chi connectivity index (χ1) is 15.9. The van der Waals surface area contributed by atoms with Crippen molar-refractivity contribution < 1.29 is 18.7 Å². The Morgan fingerprint density at radius 2 is 2.06 bits per heavy atom. The summed E-state index contributed by atoms with van der Waals surface area (Å²) in [4.78, 5) is 34.3. The van der Waals surface area contributed by atoms with E-state index in [4.69, 9.17) is 20.8 Å². The number of furan rings is 1. The number of rotatable bonds is 5. The minimum atomic E-state index is -0.317. The van der Waals surface area contributed by atoms with Crippen molar-refractivity contribution in [3.8, 4) is 5.75 Å². The SMILES string of the molecule is COc1ccc(N2C(=O)/C(=C/c3ccco3)N=C2SCC(=O)N2C(C)CCCC2C)cc1Cl. The van der Waals surface area contributed by atoms with E-state index in [1.807, 2.05) is 4.90 Å². The Balaban J connectivity index is 1.60. The van der Waals surface area contributed by atoms with Gasteiger partial charge in [0.1, 0.15) is 17.2 Å². The Bertz CT molecular complexity index is 1090. The lowest BCUT2D eigenvalue weighted by Crippen LogP contribution is -2.48. The van der Waals surface area contributed by atoms with E-state index in [1.54, 1.807) is 36.4 Å². The maximum atomic E-state index is 13.3. The van der Waals surface area contributed by atoms with E-state index in [-0.39, 0.29) is 35.3 Å². The van der Waals surface area contributed by atoms with Gasteiger partial charge in [-0.3, -0.25) is 14.5 Å². The molecule has 1 fully saturated rings. The second kappa shape index (κ2) is 10.1. The molecule has 0 aliphatic carbocycles. The lowest BCUT2D eigenvalue weighted by Gasteiger charge is -2.39. The summed E-state index contributed by atoms with van der Waals surface area (Å²) in [6, 6.07) is 9.00. The van der Waals surface area contributed by atoms with Crippen molar-refractivity contribution >= 4 is 52.1 Å². The molecule has 0 spiro atoms. The maximum absolute atomic E-state index is 13.3. The average Bonchev–Trinajstić information content (AvgIpc) is 3.40. The molecule has 7 nitrogen and oxygen atoms in total. The highest BCUT2D eigenvalue weighted by molar-refractivity contribution is 8.14. The molecule has 2 aliphatic rings. The topological polar surface area (TPSA) is 75.3 Å². The third kappa shape index (κ3) is 4.96. The monoisotopic (exact) mass is 487 g/mol. The van der Waals surface area contributed by atoms with Crippen molar-refractivity contribution in [3.05, 3.63) is 53.1 Å². The molecular weight excluding hydrogens is 462 g/mol.